The summed E-state index contributed by atoms with van der Waals surface area (Å²) in [6.07, 6.45) is 5.23. The maximum atomic E-state index is 13.2. The van der Waals surface area contributed by atoms with Gasteiger partial charge in [-0.15, -0.1) is 0 Å². The fourth-order valence-corrected chi connectivity index (χ4v) is 6.10. The molecular formula is C27H28N2O5S. The number of benzene rings is 3. The number of fused-ring (bicyclic) bond motifs is 3. The third kappa shape index (κ3) is 4.30. The van der Waals surface area contributed by atoms with Gasteiger partial charge in [0.2, 0.25) is 0 Å². The van der Waals surface area contributed by atoms with Crippen molar-refractivity contribution in [3.05, 3.63) is 83.9 Å². The molecule has 3 atom stereocenters. The largest absolute Gasteiger partial charge is 0.497 e. The third-order valence-corrected chi connectivity index (χ3v) is 8.14. The molecule has 7 nitrogen and oxygen atoms in total. The summed E-state index contributed by atoms with van der Waals surface area (Å²) in [5, 5.41) is 3.65. The number of sulfonamides is 1. The topological polar surface area (TPSA) is 85.9 Å². The molecule has 5 rings (SSSR count). The lowest BCUT2D eigenvalue weighted by atomic mass is 9.77. The summed E-state index contributed by atoms with van der Waals surface area (Å²) >= 11 is 0. The molecule has 182 valence electrons. The summed E-state index contributed by atoms with van der Waals surface area (Å²) in [5.41, 5.74) is 3.38. The lowest BCUT2D eigenvalue weighted by Gasteiger charge is -2.38. The zero-order valence-electron chi connectivity index (χ0n) is 19.8. The van der Waals surface area contributed by atoms with Crippen LogP contribution >= 0.6 is 0 Å². The average Bonchev–Trinajstić information content (AvgIpc) is 3.38. The summed E-state index contributed by atoms with van der Waals surface area (Å²) in [4.78, 5) is 0.227. The lowest BCUT2D eigenvalue weighted by molar-refractivity contribution is 0.374. The van der Waals surface area contributed by atoms with Gasteiger partial charge >= 0.3 is 0 Å². The van der Waals surface area contributed by atoms with Gasteiger partial charge in [-0.2, -0.15) is 0 Å². The van der Waals surface area contributed by atoms with Crippen molar-refractivity contribution in [3.8, 4) is 17.2 Å². The van der Waals surface area contributed by atoms with Crippen molar-refractivity contribution >= 4 is 21.4 Å². The van der Waals surface area contributed by atoms with E-state index in [0.717, 1.165) is 34.7 Å². The Hall–Kier alpha value is -3.65. The van der Waals surface area contributed by atoms with E-state index in [1.54, 1.807) is 57.7 Å². The van der Waals surface area contributed by atoms with E-state index in [2.05, 4.69) is 22.2 Å². The van der Waals surface area contributed by atoms with Crippen molar-refractivity contribution < 1.29 is 22.6 Å². The Labute approximate surface area is 205 Å². The number of nitrogens with one attached hydrogen (secondary N) is 2. The molecule has 8 heteroatoms. The van der Waals surface area contributed by atoms with Gasteiger partial charge < -0.3 is 19.5 Å². The van der Waals surface area contributed by atoms with Crippen LogP contribution in [0.1, 0.15) is 29.5 Å². The van der Waals surface area contributed by atoms with E-state index >= 15 is 0 Å². The molecule has 0 bridgehead atoms. The molecule has 0 amide bonds. The lowest BCUT2D eigenvalue weighted by Crippen LogP contribution is -2.29. The number of anilines is 2. The van der Waals surface area contributed by atoms with Crippen molar-refractivity contribution in [1.82, 2.24) is 0 Å². The molecule has 1 aliphatic heterocycles. The van der Waals surface area contributed by atoms with Gasteiger partial charge in [0.1, 0.15) is 17.2 Å². The molecule has 0 saturated carbocycles. The maximum absolute atomic E-state index is 13.2. The zero-order valence-corrected chi connectivity index (χ0v) is 20.6. The number of allylic oxidation sites excluding steroid dienone is 2. The number of hydrogen-bond donors (Lipinski definition) is 2. The molecule has 2 N–H and O–H groups in total. The van der Waals surface area contributed by atoms with E-state index in [4.69, 9.17) is 14.2 Å². The summed E-state index contributed by atoms with van der Waals surface area (Å²) in [7, 11) is 1.13. The first-order valence-corrected chi connectivity index (χ1v) is 12.9. The van der Waals surface area contributed by atoms with Crippen molar-refractivity contribution in [1.29, 1.82) is 0 Å². The number of methoxy groups -OCH3 is 3. The summed E-state index contributed by atoms with van der Waals surface area (Å²) in [6.45, 7) is 0. The molecule has 0 radical (unpaired) electrons. The van der Waals surface area contributed by atoms with Gasteiger partial charge in [0.05, 0.1) is 32.3 Å². The highest BCUT2D eigenvalue weighted by Crippen LogP contribution is 2.52. The monoisotopic (exact) mass is 492 g/mol. The van der Waals surface area contributed by atoms with Gasteiger partial charge in [-0.05, 0) is 78.6 Å². The van der Waals surface area contributed by atoms with Crippen LogP contribution < -0.4 is 24.2 Å². The number of rotatable bonds is 7. The van der Waals surface area contributed by atoms with Crippen LogP contribution in [-0.4, -0.2) is 29.7 Å². The van der Waals surface area contributed by atoms with Gasteiger partial charge in [-0.3, -0.25) is 4.72 Å². The predicted octanol–water partition coefficient (Wildman–Crippen LogP) is 5.34. The average molecular weight is 493 g/mol. The van der Waals surface area contributed by atoms with Crippen LogP contribution in [0.25, 0.3) is 0 Å². The standard InChI is InChI=1S/C27H28N2O5S/c1-32-18-9-7-17(8-10-18)29-35(30,31)20-12-13-25-23(16-20)21-5-4-6-22(21)27(28-25)24-15-19(33-2)11-14-26(24)34-3/h4-5,7-16,21-22,27-29H,6H2,1-3H3/t21-,22+,27-/m0/s1. The predicted molar refractivity (Wildman–Crippen MR) is 136 cm³/mol. The fourth-order valence-electron chi connectivity index (χ4n) is 5.00. The number of ether oxygens (including phenoxy) is 3. The first kappa shape index (κ1) is 23.1. The highest BCUT2D eigenvalue weighted by Gasteiger charge is 2.39. The molecule has 35 heavy (non-hydrogen) atoms. The van der Waals surface area contributed by atoms with Gasteiger partial charge in [0, 0.05) is 22.9 Å². The van der Waals surface area contributed by atoms with Crippen LogP contribution in [0.3, 0.4) is 0 Å². The molecule has 0 spiro atoms. The van der Waals surface area contributed by atoms with Crippen molar-refractivity contribution in [2.45, 2.75) is 23.3 Å². The smallest absolute Gasteiger partial charge is 0.261 e. The summed E-state index contributed by atoms with van der Waals surface area (Å²) < 4.78 is 45.3. The maximum Gasteiger partial charge on any atom is 0.261 e. The quantitative estimate of drug-likeness (QED) is 0.433. The number of hydrogen-bond acceptors (Lipinski definition) is 6. The van der Waals surface area contributed by atoms with Crippen LogP contribution in [0, 0.1) is 5.92 Å². The van der Waals surface area contributed by atoms with Gasteiger partial charge in [0.25, 0.3) is 10.0 Å². The highest BCUT2D eigenvalue weighted by atomic mass is 32.2. The van der Waals surface area contributed by atoms with Gasteiger partial charge in [0.15, 0.2) is 0 Å². The fraction of sp³-hybridized carbons (Fsp3) is 0.259. The minimum absolute atomic E-state index is 0.00701. The molecule has 0 unspecified atom stereocenters. The zero-order chi connectivity index (χ0) is 24.6. The highest BCUT2D eigenvalue weighted by molar-refractivity contribution is 7.92. The Morgan fingerprint density at radius 1 is 0.857 bits per heavy atom. The second kappa shape index (κ2) is 9.19. The van der Waals surface area contributed by atoms with Crippen LogP contribution in [0.4, 0.5) is 11.4 Å². The Bertz CT molecular complexity index is 1370. The first-order valence-electron chi connectivity index (χ1n) is 11.4. The minimum atomic E-state index is -3.76. The van der Waals surface area contributed by atoms with Crippen LogP contribution in [0.5, 0.6) is 17.2 Å². The Morgan fingerprint density at radius 2 is 1.60 bits per heavy atom. The second-order valence-corrected chi connectivity index (χ2v) is 10.3. The van der Waals surface area contributed by atoms with Crippen LogP contribution in [-0.2, 0) is 10.0 Å². The van der Waals surface area contributed by atoms with Gasteiger partial charge in [-0.1, -0.05) is 12.2 Å². The minimum Gasteiger partial charge on any atom is -0.497 e. The molecule has 1 heterocycles. The van der Waals surface area contributed by atoms with E-state index in [1.165, 1.54) is 0 Å². The second-order valence-electron chi connectivity index (χ2n) is 8.67. The molecule has 3 aromatic carbocycles. The SMILES string of the molecule is COc1ccc(NS(=O)(=O)c2ccc3c(c2)[C@H]2C=CC[C@H]2[C@@H](c2cc(OC)ccc2OC)N3)cc1. The van der Waals surface area contributed by atoms with E-state index < -0.39 is 10.0 Å². The van der Waals surface area contributed by atoms with E-state index in [1.807, 2.05) is 24.3 Å². The molecule has 2 aliphatic rings. The molecular weight excluding hydrogens is 464 g/mol. The van der Waals surface area contributed by atoms with Crippen molar-refractivity contribution in [2.24, 2.45) is 5.92 Å². The third-order valence-electron chi connectivity index (χ3n) is 6.76. The van der Waals surface area contributed by atoms with E-state index in [0.29, 0.717) is 11.4 Å². The van der Waals surface area contributed by atoms with Crippen LogP contribution in [0.2, 0.25) is 0 Å². The van der Waals surface area contributed by atoms with Crippen molar-refractivity contribution in [2.75, 3.05) is 31.4 Å². The summed E-state index contributed by atoms with van der Waals surface area (Å²) in [6, 6.07) is 17.9. The normalized spacial score (nSPS) is 20.4. The van der Waals surface area contributed by atoms with E-state index in [-0.39, 0.29) is 22.8 Å². The Balaban J connectivity index is 1.48. The summed E-state index contributed by atoms with van der Waals surface area (Å²) in [5.74, 6) is 2.52. The molecule has 0 fully saturated rings. The van der Waals surface area contributed by atoms with E-state index in [9.17, 15) is 8.42 Å². The molecule has 0 aromatic heterocycles. The molecule has 0 saturated heterocycles. The van der Waals surface area contributed by atoms with Crippen molar-refractivity contribution in [3.63, 3.8) is 0 Å². The van der Waals surface area contributed by atoms with Crippen LogP contribution in [0.15, 0.2) is 77.7 Å². The molecule has 3 aromatic rings. The molecule has 1 aliphatic carbocycles. The Kier molecular flexibility index (Phi) is 6.06. The first-order chi connectivity index (χ1) is 16.9. The Morgan fingerprint density at radius 3 is 2.31 bits per heavy atom. The van der Waals surface area contributed by atoms with Gasteiger partial charge in [-0.25, -0.2) is 8.42 Å².